The van der Waals surface area contributed by atoms with E-state index in [0.29, 0.717) is 37.3 Å². The number of piperazine rings is 1. The molecule has 30 heavy (non-hydrogen) atoms. The summed E-state index contributed by atoms with van der Waals surface area (Å²) in [6.07, 6.45) is 0.706. The summed E-state index contributed by atoms with van der Waals surface area (Å²) >= 11 is 0. The zero-order chi connectivity index (χ0) is 21.3. The van der Waals surface area contributed by atoms with Gasteiger partial charge < -0.3 is 9.80 Å². The molecule has 0 aromatic heterocycles. The molecule has 0 bridgehead atoms. The van der Waals surface area contributed by atoms with Crippen LogP contribution in [0.1, 0.15) is 29.5 Å². The van der Waals surface area contributed by atoms with E-state index in [9.17, 15) is 9.59 Å². The van der Waals surface area contributed by atoms with E-state index in [-0.39, 0.29) is 11.8 Å². The zero-order valence-corrected chi connectivity index (χ0v) is 17.9. The zero-order valence-electron chi connectivity index (χ0n) is 17.9. The third-order valence-corrected chi connectivity index (χ3v) is 6.04. The number of carbonyl (C=O) groups excluding carboxylic acids is 2. The van der Waals surface area contributed by atoms with Gasteiger partial charge in [-0.05, 0) is 50.1 Å². The Morgan fingerprint density at radius 3 is 2.30 bits per heavy atom. The summed E-state index contributed by atoms with van der Waals surface area (Å²) in [6.45, 7) is 9.18. The Morgan fingerprint density at radius 1 is 0.900 bits per heavy atom. The second-order valence-electron chi connectivity index (χ2n) is 8.09. The minimum Gasteiger partial charge on any atom is -0.368 e. The molecule has 6 heteroatoms. The molecule has 2 aliphatic heterocycles. The fraction of sp³-hybridized carbons (Fsp3) is 0.375. The van der Waals surface area contributed by atoms with Crippen LogP contribution in [-0.2, 0) is 9.59 Å². The third kappa shape index (κ3) is 3.95. The van der Waals surface area contributed by atoms with Gasteiger partial charge >= 0.3 is 0 Å². The molecule has 156 valence electrons. The van der Waals surface area contributed by atoms with Crippen LogP contribution in [0.2, 0.25) is 0 Å². The second-order valence-corrected chi connectivity index (χ2v) is 8.09. The Hall–Kier alpha value is -3.15. The van der Waals surface area contributed by atoms with Gasteiger partial charge in [-0.3, -0.25) is 9.59 Å². The molecule has 0 N–H and O–H groups in total. The largest absolute Gasteiger partial charge is 0.368 e. The Bertz CT molecular complexity index is 989. The van der Waals surface area contributed by atoms with Crippen LogP contribution in [0.15, 0.2) is 47.6 Å². The van der Waals surface area contributed by atoms with Crippen molar-refractivity contribution in [2.24, 2.45) is 5.10 Å². The van der Waals surface area contributed by atoms with Crippen molar-refractivity contribution in [2.45, 2.75) is 33.6 Å². The first-order valence-corrected chi connectivity index (χ1v) is 10.5. The number of hydrogen-bond acceptors (Lipinski definition) is 4. The topological polar surface area (TPSA) is 56.2 Å². The average Bonchev–Trinajstić information content (AvgIpc) is 2.76. The van der Waals surface area contributed by atoms with Gasteiger partial charge in [0.05, 0.1) is 5.69 Å². The monoisotopic (exact) mass is 404 g/mol. The number of benzene rings is 2. The Morgan fingerprint density at radius 2 is 1.60 bits per heavy atom. The Kier molecular flexibility index (Phi) is 5.57. The first-order chi connectivity index (χ1) is 14.4. The molecular formula is C24H28N4O2. The normalized spacial score (nSPS) is 17.2. The van der Waals surface area contributed by atoms with Gasteiger partial charge in [-0.15, -0.1) is 0 Å². The Balaban J connectivity index is 1.46. The van der Waals surface area contributed by atoms with Gasteiger partial charge in [0.1, 0.15) is 5.71 Å². The summed E-state index contributed by atoms with van der Waals surface area (Å²) in [5.41, 5.74) is 6.11. The smallest absolute Gasteiger partial charge is 0.270 e. The molecule has 1 fully saturated rings. The van der Waals surface area contributed by atoms with Crippen molar-refractivity contribution < 1.29 is 9.59 Å². The maximum absolute atomic E-state index is 13.1. The lowest BCUT2D eigenvalue weighted by molar-refractivity contribution is -0.124. The molecule has 4 rings (SSSR count). The number of hydrazone groups is 1. The van der Waals surface area contributed by atoms with Crippen molar-refractivity contribution >= 4 is 28.9 Å². The molecule has 0 aliphatic carbocycles. The van der Waals surface area contributed by atoms with Gasteiger partial charge in [-0.1, -0.05) is 29.8 Å². The number of carbonyl (C=O) groups is 2. The van der Waals surface area contributed by atoms with Crippen LogP contribution >= 0.6 is 0 Å². The van der Waals surface area contributed by atoms with Crippen LogP contribution in [0.4, 0.5) is 11.4 Å². The van der Waals surface area contributed by atoms with Crippen molar-refractivity contribution in [1.82, 2.24) is 4.90 Å². The summed E-state index contributed by atoms with van der Waals surface area (Å²) in [5, 5.41) is 5.81. The van der Waals surface area contributed by atoms with Crippen molar-refractivity contribution in [3.05, 3.63) is 59.2 Å². The van der Waals surface area contributed by atoms with Gasteiger partial charge in [0.15, 0.2) is 0 Å². The van der Waals surface area contributed by atoms with Crippen molar-refractivity contribution in [3.8, 4) is 0 Å². The molecule has 6 nitrogen and oxygen atoms in total. The SMILES string of the molecule is Cc1ccc(N2N=C(C(=O)N3CCN(c4cccc(C)c4C)CC3)CCC2=O)cc1. The lowest BCUT2D eigenvalue weighted by Crippen LogP contribution is -2.51. The van der Waals surface area contributed by atoms with Crippen LogP contribution < -0.4 is 9.91 Å². The highest BCUT2D eigenvalue weighted by atomic mass is 16.2. The highest BCUT2D eigenvalue weighted by molar-refractivity contribution is 6.40. The lowest BCUT2D eigenvalue weighted by atomic mass is 10.1. The minimum absolute atomic E-state index is 0.0553. The number of hydrogen-bond donors (Lipinski definition) is 0. The van der Waals surface area contributed by atoms with Gasteiger partial charge in [-0.25, -0.2) is 5.01 Å². The fourth-order valence-corrected chi connectivity index (χ4v) is 4.01. The number of amides is 2. The number of rotatable bonds is 3. The maximum Gasteiger partial charge on any atom is 0.270 e. The van der Waals surface area contributed by atoms with Crippen LogP contribution in [0.25, 0.3) is 0 Å². The molecule has 0 radical (unpaired) electrons. The van der Waals surface area contributed by atoms with Crippen LogP contribution in [0, 0.1) is 20.8 Å². The predicted octanol–water partition coefficient (Wildman–Crippen LogP) is 3.44. The second kappa shape index (κ2) is 8.30. The first kappa shape index (κ1) is 20.1. The highest BCUT2D eigenvalue weighted by Gasteiger charge is 2.30. The van der Waals surface area contributed by atoms with Gasteiger partial charge in [0.2, 0.25) is 5.91 Å². The molecule has 0 unspecified atom stereocenters. The number of nitrogens with zero attached hydrogens (tertiary/aromatic N) is 4. The fourth-order valence-electron chi connectivity index (χ4n) is 4.01. The molecule has 2 heterocycles. The van der Waals surface area contributed by atoms with Crippen LogP contribution in [-0.4, -0.2) is 48.6 Å². The van der Waals surface area contributed by atoms with E-state index in [1.807, 2.05) is 36.1 Å². The minimum atomic E-state index is -0.0739. The Labute approximate surface area is 177 Å². The van der Waals surface area contributed by atoms with E-state index in [0.717, 1.165) is 18.7 Å². The highest BCUT2D eigenvalue weighted by Crippen LogP contribution is 2.25. The van der Waals surface area contributed by atoms with Gasteiger partial charge in [0, 0.05) is 44.7 Å². The molecule has 0 atom stereocenters. The molecule has 1 saturated heterocycles. The molecule has 2 aliphatic rings. The molecule has 2 aromatic carbocycles. The van der Waals surface area contributed by atoms with E-state index in [1.165, 1.54) is 21.8 Å². The van der Waals surface area contributed by atoms with Crippen molar-refractivity contribution in [1.29, 1.82) is 0 Å². The predicted molar refractivity (Wildman–Crippen MR) is 120 cm³/mol. The summed E-state index contributed by atoms with van der Waals surface area (Å²) in [7, 11) is 0. The van der Waals surface area contributed by atoms with Crippen LogP contribution in [0.5, 0.6) is 0 Å². The summed E-state index contributed by atoms with van der Waals surface area (Å²) in [6, 6.07) is 14.0. The third-order valence-electron chi connectivity index (χ3n) is 6.04. The van der Waals surface area contributed by atoms with Crippen LogP contribution in [0.3, 0.4) is 0 Å². The summed E-state index contributed by atoms with van der Waals surface area (Å²) < 4.78 is 0. The number of anilines is 2. The quantitative estimate of drug-likeness (QED) is 0.787. The molecular weight excluding hydrogens is 376 g/mol. The molecule has 0 saturated carbocycles. The molecule has 2 amide bonds. The van der Waals surface area contributed by atoms with Crippen molar-refractivity contribution in [2.75, 3.05) is 36.1 Å². The maximum atomic E-state index is 13.1. The van der Waals surface area contributed by atoms with E-state index in [1.54, 1.807) is 0 Å². The average molecular weight is 405 g/mol. The van der Waals surface area contributed by atoms with Gasteiger partial charge in [0.25, 0.3) is 5.91 Å². The first-order valence-electron chi connectivity index (χ1n) is 10.5. The molecule has 2 aromatic rings. The van der Waals surface area contributed by atoms with Crippen molar-refractivity contribution in [3.63, 3.8) is 0 Å². The van der Waals surface area contributed by atoms with Gasteiger partial charge in [-0.2, -0.15) is 5.10 Å². The summed E-state index contributed by atoms with van der Waals surface area (Å²) in [4.78, 5) is 29.7. The number of aryl methyl sites for hydroxylation is 2. The molecule has 0 spiro atoms. The van der Waals surface area contributed by atoms with E-state index in [2.05, 4.69) is 42.0 Å². The lowest BCUT2D eigenvalue weighted by Gasteiger charge is -2.37. The summed E-state index contributed by atoms with van der Waals surface area (Å²) in [5.74, 6) is -0.129. The standard InChI is InChI=1S/C24H28N4O2/c1-17-7-9-20(10-8-17)28-23(29)12-11-21(25-28)24(30)27-15-13-26(14-16-27)22-6-4-5-18(2)19(22)3/h4-10H,11-16H2,1-3H3. The van der Waals surface area contributed by atoms with E-state index in [4.69, 9.17) is 0 Å². The van der Waals surface area contributed by atoms with E-state index >= 15 is 0 Å². The van der Waals surface area contributed by atoms with E-state index < -0.39 is 0 Å².